The average molecular weight is 447 g/mol. The number of benzene rings is 2. The Balaban J connectivity index is 0.000000107. The molecule has 1 N–H and O–H groups in total. The summed E-state index contributed by atoms with van der Waals surface area (Å²) >= 11 is 0. The summed E-state index contributed by atoms with van der Waals surface area (Å²) in [6.45, 7) is 4.95. The van der Waals surface area contributed by atoms with E-state index in [4.69, 9.17) is 0 Å². The van der Waals surface area contributed by atoms with Crippen LogP contribution in [-0.2, 0) is 6.42 Å². The molecule has 33 heavy (non-hydrogen) atoms. The molecule has 2 aromatic rings. The molecule has 7 rings (SSSR count). The summed E-state index contributed by atoms with van der Waals surface area (Å²) in [5, 5.41) is 3.63. The van der Waals surface area contributed by atoms with Gasteiger partial charge in [-0.05, 0) is 88.5 Å². The highest BCUT2D eigenvalue weighted by atomic mass is 15.2. The van der Waals surface area contributed by atoms with Gasteiger partial charge >= 0.3 is 0 Å². The first-order valence-electron chi connectivity index (χ1n) is 13.1. The maximum atomic E-state index is 3.63. The Kier molecular flexibility index (Phi) is 6.94. The maximum absolute atomic E-state index is 3.63. The molecule has 0 spiro atoms. The van der Waals surface area contributed by atoms with Crippen LogP contribution in [0.5, 0.6) is 0 Å². The number of fused-ring (bicyclic) bond motifs is 5. The summed E-state index contributed by atoms with van der Waals surface area (Å²) in [4.78, 5) is 7.26. The summed E-state index contributed by atoms with van der Waals surface area (Å²) in [5.41, 5.74) is 5.79. The van der Waals surface area contributed by atoms with Crippen LogP contribution in [0.1, 0.15) is 49.1 Å². The van der Waals surface area contributed by atoms with E-state index < -0.39 is 0 Å². The largest absolute Gasteiger partial charge is 0.380 e. The van der Waals surface area contributed by atoms with Crippen LogP contribution in [0.4, 0.5) is 11.4 Å². The SMILES string of the molecule is CN1CCC2CCCC21.CN1CCC2c3ccccc3NC2C1.CN1CCc2ccccc21. The van der Waals surface area contributed by atoms with Gasteiger partial charge in [0.05, 0.1) is 0 Å². The van der Waals surface area contributed by atoms with Gasteiger partial charge in [0.25, 0.3) is 0 Å². The molecule has 4 nitrogen and oxygen atoms in total. The van der Waals surface area contributed by atoms with Crippen molar-refractivity contribution < 1.29 is 0 Å². The second-order valence-electron chi connectivity index (χ2n) is 10.8. The van der Waals surface area contributed by atoms with Crippen molar-refractivity contribution in [2.24, 2.45) is 5.92 Å². The molecule has 2 aromatic carbocycles. The van der Waals surface area contributed by atoms with Gasteiger partial charge in [-0.25, -0.2) is 0 Å². The Labute approximate surface area is 201 Å². The predicted molar refractivity (Wildman–Crippen MR) is 140 cm³/mol. The molecular formula is C29H42N4. The van der Waals surface area contributed by atoms with Crippen LogP contribution >= 0.6 is 0 Å². The standard InChI is InChI=1S/C12H16N2.C9H11N.C8H15N/c1-14-7-6-10-9-4-2-3-5-11(9)13-12(10)8-14;1-10-7-6-8-4-2-3-5-9(8)10;1-9-6-5-7-3-2-4-8(7)9/h2-5,10,12-13H,6-8H2,1H3;2-5H,6-7H2,1H3;7-8H,2-6H2,1H3. The van der Waals surface area contributed by atoms with Crippen molar-refractivity contribution in [1.29, 1.82) is 0 Å². The second-order valence-corrected chi connectivity index (χ2v) is 10.8. The normalized spacial score (nSPS) is 29.6. The minimum absolute atomic E-state index is 0.645. The molecule has 4 aliphatic heterocycles. The van der Waals surface area contributed by atoms with Gasteiger partial charge in [-0.1, -0.05) is 42.8 Å². The zero-order valence-electron chi connectivity index (χ0n) is 20.8. The Hall–Kier alpha value is -2.04. The van der Waals surface area contributed by atoms with Crippen molar-refractivity contribution in [2.75, 3.05) is 57.5 Å². The average Bonchev–Trinajstić information content (AvgIpc) is 3.60. The molecule has 0 aromatic heterocycles. The van der Waals surface area contributed by atoms with E-state index in [0.29, 0.717) is 6.04 Å². The van der Waals surface area contributed by atoms with Gasteiger partial charge in [0.1, 0.15) is 0 Å². The van der Waals surface area contributed by atoms with Crippen LogP contribution in [0.2, 0.25) is 0 Å². The summed E-state index contributed by atoms with van der Waals surface area (Å²) in [7, 11) is 6.63. The molecule has 4 heteroatoms. The quantitative estimate of drug-likeness (QED) is 0.610. The zero-order valence-corrected chi connectivity index (χ0v) is 20.8. The van der Waals surface area contributed by atoms with E-state index in [1.165, 1.54) is 87.2 Å². The number of hydrogen-bond donors (Lipinski definition) is 1. The highest BCUT2D eigenvalue weighted by molar-refractivity contribution is 5.59. The molecule has 0 amide bonds. The van der Waals surface area contributed by atoms with Gasteiger partial charge in [0, 0.05) is 49.5 Å². The Morgan fingerprint density at radius 3 is 2.48 bits per heavy atom. The number of nitrogens with zero attached hydrogens (tertiary/aromatic N) is 3. The van der Waals surface area contributed by atoms with Crippen molar-refractivity contribution >= 4 is 11.4 Å². The van der Waals surface area contributed by atoms with Crippen molar-refractivity contribution in [1.82, 2.24) is 9.80 Å². The van der Waals surface area contributed by atoms with Crippen molar-refractivity contribution in [3.63, 3.8) is 0 Å². The third kappa shape index (κ3) is 4.93. The number of piperidine rings is 1. The Morgan fingerprint density at radius 2 is 1.64 bits per heavy atom. The van der Waals surface area contributed by atoms with Crippen LogP contribution in [0.15, 0.2) is 48.5 Å². The molecule has 178 valence electrons. The van der Waals surface area contributed by atoms with Crippen LogP contribution in [0, 0.1) is 5.92 Å². The molecule has 0 radical (unpaired) electrons. The molecule has 3 fully saturated rings. The Bertz CT molecular complexity index is 927. The molecule has 5 aliphatic rings. The first kappa shape index (κ1) is 22.7. The minimum atomic E-state index is 0.645. The number of anilines is 2. The third-order valence-corrected chi connectivity index (χ3v) is 8.67. The first-order valence-corrected chi connectivity index (χ1v) is 13.1. The lowest BCUT2D eigenvalue weighted by Gasteiger charge is -2.32. The fraction of sp³-hybridized carbons (Fsp3) is 0.586. The van der Waals surface area contributed by atoms with Crippen LogP contribution in [0.25, 0.3) is 0 Å². The lowest BCUT2D eigenvalue weighted by molar-refractivity contribution is 0.245. The van der Waals surface area contributed by atoms with Gasteiger partial charge in [0.2, 0.25) is 0 Å². The van der Waals surface area contributed by atoms with Gasteiger partial charge in [-0.15, -0.1) is 0 Å². The van der Waals surface area contributed by atoms with Crippen LogP contribution in [-0.4, -0.2) is 69.2 Å². The van der Waals surface area contributed by atoms with E-state index >= 15 is 0 Å². The number of hydrogen-bond acceptors (Lipinski definition) is 4. The molecule has 2 saturated heterocycles. The van der Waals surface area contributed by atoms with Crippen LogP contribution in [0.3, 0.4) is 0 Å². The topological polar surface area (TPSA) is 21.8 Å². The van der Waals surface area contributed by atoms with Gasteiger partial charge in [0.15, 0.2) is 0 Å². The Morgan fingerprint density at radius 1 is 0.818 bits per heavy atom. The number of para-hydroxylation sites is 2. The highest BCUT2D eigenvalue weighted by Gasteiger charge is 2.35. The smallest absolute Gasteiger partial charge is 0.0458 e. The van der Waals surface area contributed by atoms with E-state index in [9.17, 15) is 0 Å². The van der Waals surface area contributed by atoms with Crippen molar-refractivity contribution in [3.8, 4) is 0 Å². The summed E-state index contributed by atoms with van der Waals surface area (Å²) < 4.78 is 0. The fourth-order valence-electron chi connectivity index (χ4n) is 6.76. The fourth-order valence-corrected chi connectivity index (χ4v) is 6.76. The van der Waals surface area contributed by atoms with E-state index in [2.05, 4.69) is 89.7 Å². The molecule has 1 aliphatic carbocycles. The van der Waals surface area contributed by atoms with E-state index in [-0.39, 0.29) is 0 Å². The molecule has 4 atom stereocenters. The molecular weight excluding hydrogens is 404 g/mol. The lowest BCUT2D eigenvalue weighted by Crippen LogP contribution is -2.41. The number of nitrogens with one attached hydrogen (secondary N) is 1. The summed E-state index contributed by atoms with van der Waals surface area (Å²) in [5.74, 6) is 1.83. The number of likely N-dealkylation sites (tertiary alicyclic amines) is 2. The molecule has 1 saturated carbocycles. The molecule has 4 unspecified atom stereocenters. The minimum Gasteiger partial charge on any atom is -0.380 e. The lowest BCUT2D eigenvalue weighted by atomic mass is 9.89. The van der Waals surface area contributed by atoms with Crippen molar-refractivity contribution in [3.05, 3.63) is 59.7 Å². The number of likely N-dealkylation sites (N-methyl/N-ethyl adjacent to an activating group) is 2. The van der Waals surface area contributed by atoms with E-state index in [1.807, 2.05) is 0 Å². The van der Waals surface area contributed by atoms with Crippen LogP contribution < -0.4 is 10.2 Å². The monoisotopic (exact) mass is 446 g/mol. The first-order chi connectivity index (χ1) is 16.1. The highest BCUT2D eigenvalue weighted by Crippen LogP contribution is 2.40. The van der Waals surface area contributed by atoms with Gasteiger partial charge in [-0.2, -0.15) is 0 Å². The molecule has 4 heterocycles. The maximum Gasteiger partial charge on any atom is 0.0458 e. The second kappa shape index (κ2) is 10.1. The predicted octanol–water partition coefficient (Wildman–Crippen LogP) is 5.07. The number of rotatable bonds is 0. The van der Waals surface area contributed by atoms with Gasteiger partial charge < -0.3 is 20.0 Å². The summed E-state index contributed by atoms with van der Waals surface area (Å²) in [6, 6.07) is 19.0. The van der Waals surface area contributed by atoms with Gasteiger partial charge in [-0.3, -0.25) is 0 Å². The zero-order chi connectivity index (χ0) is 22.8. The third-order valence-electron chi connectivity index (χ3n) is 8.67. The van der Waals surface area contributed by atoms with E-state index in [1.54, 1.807) is 0 Å². The van der Waals surface area contributed by atoms with E-state index in [0.717, 1.165) is 17.9 Å². The molecule has 0 bridgehead atoms. The summed E-state index contributed by atoms with van der Waals surface area (Å²) in [6.07, 6.45) is 8.45. The van der Waals surface area contributed by atoms with Crippen molar-refractivity contribution in [2.45, 2.75) is 56.5 Å².